The summed E-state index contributed by atoms with van der Waals surface area (Å²) in [6.07, 6.45) is 5.84. The van der Waals surface area contributed by atoms with Gasteiger partial charge in [0.1, 0.15) is 16.4 Å². The van der Waals surface area contributed by atoms with Crippen molar-refractivity contribution in [3.63, 3.8) is 0 Å². The molecule has 9 nitrogen and oxygen atoms in total. The molecule has 2 heterocycles. The topological polar surface area (TPSA) is 118 Å². The Morgan fingerprint density at radius 3 is 2.68 bits per heavy atom. The SMILES string of the molecule is CCOC(=O)c1c(SC)nc(/N=C(/NC#N)SC)n2c(Cc3ccc(Cl)cc3)nnc12. The summed E-state index contributed by atoms with van der Waals surface area (Å²) in [6.45, 7) is 1.95. The number of nitrogens with zero attached hydrogens (tertiary/aromatic N) is 6. The molecule has 3 aromatic rings. The number of halogens is 1. The van der Waals surface area contributed by atoms with Gasteiger partial charge in [0.2, 0.25) is 5.95 Å². The molecule has 160 valence electrons. The minimum Gasteiger partial charge on any atom is -0.462 e. The number of nitrogens with one attached hydrogen (secondary N) is 1. The summed E-state index contributed by atoms with van der Waals surface area (Å²) >= 11 is 8.51. The molecule has 0 saturated heterocycles. The first-order valence-electron chi connectivity index (χ1n) is 9.03. The van der Waals surface area contributed by atoms with Crippen LogP contribution in [0.5, 0.6) is 0 Å². The fourth-order valence-electron chi connectivity index (χ4n) is 2.75. The smallest absolute Gasteiger partial charge is 0.344 e. The maximum absolute atomic E-state index is 12.7. The fraction of sp³-hybridized carbons (Fsp3) is 0.263. The Bertz CT molecular complexity index is 1170. The molecular weight excluding hydrogens is 458 g/mol. The second-order valence-electron chi connectivity index (χ2n) is 5.95. The van der Waals surface area contributed by atoms with E-state index in [1.807, 2.05) is 18.3 Å². The first-order chi connectivity index (χ1) is 15.0. The van der Waals surface area contributed by atoms with Crippen molar-refractivity contribution >= 4 is 57.9 Å². The van der Waals surface area contributed by atoms with E-state index in [1.165, 1.54) is 23.5 Å². The van der Waals surface area contributed by atoms with Crippen molar-refractivity contribution in [2.45, 2.75) is 18.4 Å². The summed E-state index contributed by atoms with van der Waals surface area (Å²) in [6, 6.07) is 7.34. The molecule has 0 fully saturated rings. The van der Waals surface area contributed by atoms with Gasteiger partial charge in [-0.15, -0.1) is 22.0 Å². The van der Waals surface area contributed by atoms with Crippen molar-refractivity contribution < 1.29 is 9.53 Å². The van der Waals surface area contributed by atoms with Gasteiger partial charge < -0.3 is 4.74 Å². The molecule has 0 amide bonds. The Labute approximate surface area is 192 Å². The van der Waals surface area contributed by atoms with Crippen LogP contribution in [-0.2, 0) is 11.2 Å². The fourth-order valence-corrected chi connectivity index (χ4v) is 3.75. The van der Waals surface area contributed by atoms with Gasteiger partial charge in [0, 0.05) is 11.4 Å². The molecule has 0 aliphatic heterocycles. The van der Waals surface area contributed by atoms with Crippen molar-refractivity contribution in [3.8, 4) is 6.19 Å². The normalized spacial score (nSPS) is 11.4. The maximum atomic E-state index is 12.7. The van der Waals surface area contributed by atoms with Gasteiger partial charge in [-0.05, 0) is 37.1 Å². The number of amidine groups is 1. The molecule has 0 atom stereocenters. The number of ether oxygens (including phenoxy) is 1. The van der Waals surface area contributed by atoms with Gasteiger partial charge in [-0.3, -0.25) is 5.32 Å². The average Bonchev–Trinajstić information content (AvgIpc) is 3.18. The van der Waals surface area contributed by atoms with Crippen LogP contribution in [-0.4, -0.2) is 49.8 Å². The number of thioether (sulfide) groups is 2. The first-order valence-corrected chi connectivity index (χ1v) is 11.9. The Hall–Kier alpha value is -2.81. The van der Waals surface area contributed by atoms with Crippen molar-refractivity contribution in [1.82, 2.24) is 24.9 Å². The van der Waals surface area contributed by atoms with Crippen LogP contribution in [0.3, 0.4) is 0 Å². The predicted octanol–water partition coefficient (Wildman–Crippen LogP) is 3.69. The Balaban J connectivity index is 2.25. The molecule has 0 aliphatic carbocycles. The summed E-state index contributed by atoms with van der Waals surface area (Å²) in [5.74, 6) is 0.234. The molecule has 0 spiro atoms. The van der Waals surface area contributed by atoms with Gasteiger partial charge in [-0.2, -0.15) is 10.3 Å². The molecule has 31 heavy (non-hydrogen) atoms. The number of carbonyl (C=O) groups excluding carboxylic acids is 1. The van der Waals surface area contributed by atoms with Gasteiger partial charge in [-0.1, -0.05) is 35.5 Å². The lowest BCUT2D eigenvalue weighted by Gasteiger charge is -2.11. The minimum atomic E-state index is -0.537. The third-order valence-corrected chi connectivity index (χ3v) is 5.59. The second kappa shape index (κ2) is 10.5. The zero-order valence-corrected chi connectivity index (χ0v) is 19.3. The maximum Gasteiger partial charge on any atom is 0.344 e. The van der Waals surface area contributed by atoms with E-state index in [1.54, 1.807) is 36.0 Å². The van der Waals surface area contributed by atoms with Crippen molar-refractivity contribution in [3.05, 3.63) is 46.2 Å². The Morgan fingerprint density at radius 2 is 2.06 bits per heavy atom. The van der Waals surface area contributed by atoms with E-state index in [0.29, 0.717) is 27.5 Å². The van der Waals surface area contributed by atoms with E-state index in [0.717, 1.165) is 5.56 Å². The van der Waals surface area contributed by atoms with Crippen LogP contribution in [0.2, 0.25) is 5.02 Å². The predicted molar refractivity (Wildman–Crippen MR) is 122 cm³/mol. The first kappa shape index (κ1) is 22.9. The number of hydrogen-bond acceptors (Lipinski definition) is 9. The van der Waals surface area contributed by atoms with Gasteiger partial charge in [-0.25, -0.2) is 14.2 Å². The van der Waals surface area contributed by atoms with Gasteiger partial charge in [0.25, 0.3) is 0 Å². The van der Waals surface area contributed by atoms with E-state index in [2.05, 4.69) is 25.5 Å². The van der Waals surface area contributed by atoms with Crippen molar-refractivity contribution in [2.24, 2.45) is 4.99 Å². The molecule has 3 rings (SSSR count). The van der Waals surface area contributed by atoms with Gasteiger partial charge in [0.05, 0.1) is 6.61 Å². The number of rotatable bonds is 6. The minimum absolute atomic E-state index is 0.215. The third-order valence-electron chi connectivity index (χ3n) is 4.08. The quantitative estimate of drug-likeness (QED) is 0.108. The van der Waals surface area contributed by atoms with E-state index >= 15 is 0 Å². The van der Waals surface area contributed by atoms with E-state index < -0.39 is 5.97 Å². The average molecular weight is 476 g/mol. The molecule has 0 aliphatic rings. The summed E-state index contributed by atoms with van der Waals surface area (Å²) in [4.78, 5) is 21.7. The van der Waals surface area contributed by atoms with Crippen LogP contribution < -0.4 is 5.32 Å². The molecular formula is C19H18ClN7O2S2. The molecule has 1 aromatic carbocycles. The number of aromatic nitrogens is 4. The summed E-state index contributed by atoms with van der Waals surface area (Å²) in [5.41, 5.74) is 1.46. The van der Waals surface area contributed by atoms with Gasteiger partial charge in [0.15, 0.2) is 17.0 Å². The van der Waals surface area contributed by atoms with E-state index in [4.69, 9.17) is 21.6 Å². The second-order valence-corrected chi connectivity index (χ2v) is 7.98. The molecule has 12 heteroatoms. The lowest BCUT2D eigenvalue weighted by molar-refractivity contribution is 0.0523. The number of aliphatic imine (C=N–C) groups is 1. The number of esters is 1. The van der Waals surface area contributed by atoms with Crippen LogP contribution in [0, 0.1) is 11.5 Å². The standard InChI is InChI=1S/C19H18ClN7O2S2/c1-4-29-17(28)14-15-26-25-13(9-11-5-7-12(20)8-6-11)27(15)18(23-16(14)30-2)24-19(31-3)22-10-21/h5-8H,4,9H2,1-3H3,(H,22,23,24). The van der Waals surface area contributed by atoms with E-state index in [-0.39, 0.29) is 23.8 Å². The van der Waals surface area contributed by atoms with Gasteiger partial charge >= 0.3 is 5.97 Å². The highest BCUT2D eigenvalue weighted by Crippen LogP contribution is 2.28. The molecule has 0 radical (unpaired) electrons. The third kappa shape index (κ3) is 5.10. The zero-order chi connectivity index (χ0) is 22.4. The van der Waals surface area contributed by atoms with E-state index in [9.17, 15) is 4.79 Å². The highest BCUT2D eigenvalue weighted by molar-refractivity contribution is 8.13. The van der Waals surface area contributed by atoms with Crippen molar-refractivity contribution in [1.29, 1.82) is 5.26 Å². The van der Waals surface area contributed by atoms with Crippen molar-refractivity contribution in [2.75, 3.05) is 19.1 Å². The summed E-state index contributed by atoms with van der Waals surface area (Å²) < 4.78 is 6.82. The highest BCUT2D eigenvalue weighted by atomic mass is 35.5. The van der Waals surface area contributed by atoms with Crippen LogP contribution in [0.4, 0.5) is 5.95 Å². The number of fused-ring (bicyclic) bond motifs is 1. The number of carbonyl (C=O) groups is 1. The molecule has 2 aromatic heterocycles. The van der Waals surface area contributed by atoms with Crippen LogP contribution in [0.25, 0.3) is 5.65 Å². The van der Waals surface area contributed by atoms with Crippen LogP contribution in [0.15, 0.2) is 34.3 Å². The van der Waals surface area contributed by atoms with Crippen LogP contribution in [0.1, 0.15) is 28.7 Å². The highest BCUT2D eigenvalue weighted by Gasteiger charge is 2.25. The molecule has 0 bridgehead atoms. The lowest BCUT2D eigenvalue weighted by Crippen LogP contribution is -2.15. The molecule has 1 N–H and O–H groups in total. The Kier molecular flexibility index (Phi) is 7.73. The molecule has 0 saturated carbocycles. The lowest BCUT2D eigenvalue weighted by atomic mass is 10.1. The molecule has 0 unspecified atom stereocenters. The monoisotopic (exact) mass is 475 g/mol. The summed E-state index contributed by atoms with van der Waals surface area (Å²) in [5, 5.41) is 21.4. The number of nitriles is 1. The largest absolute Gasteiger partial charge is 0.462 e. The van der Waals surface area contributed by atoms with Crippen LogP contribution >= 0.6 is 35.1 Å². The number of benzene rings is 1. The summed E-state index contributed by atoms with van der Waals surface area (Å²) in [7, 11) is 0. The zero-order valence-electron chi connectivity index (χ0n) is 16.9. The Morgan fingerprint density at radius 1 is 1.32 bits per heavy atom. The number of hydrogen-bond donors (Lipinski definition) is 1.